The summed E-state index contributed by atoms with van der Waals surface area (Å²) in [6, 6.07) is 11.1. The fourth-order valence-corrected chi connectivity index (χ4v) is 1.71. The van der Waals surface area contributed by atoms with E-state index in [0.29, 0.717) is 12.1 Å². The molecule has 0 radical (unpaired) electrons. The Kier molecular flexibility index (Phi) is 3.79. The second-order valence-corrected chi connectivity index (χ2v) is 3.97. The summed E-state index contributed by atoms with van der Waals surface area (Å²) in [5.74, 6) is 0.772. The smallest absolute Gasteiger partial charge is 0.214 e. The maximum atomic E-state index is 9.74. The number of hydrogen-bond donors (Lipinski definition) is 2. The Balaban J connectivity index is 2.17. The van der Waals surface area contributed by atoms with Gasteiger partial charge in [0, 0.05) is 12.0 Å². The van der Waals surface area contributed by atoms with Crippen molar-refractivity contribution in [2.45, 2.75) is 13.0 Å². The van der Waals surface area contributed by atoms with Gasteiger partial charge in [0.25, 0.3) is 0 Å². The van der Waals surface area contributed by atoms with Crippen LogP contribution in [-0.4, -0.2) is 22.3 Å². The lowest BCUT2D eigenvalue weighted by Crippen LogP contribution is -1.95. The van der Waals surface area contributed by atoms with E-state index in [4.69, 9.17) is 9.84 Å². The minimum Gasteiger partial charge on any atom is -0.497 e. The summed E-state index contributed by atoms with van der Waals surface area (Å²) in [6.45, 7) is -0.170. The molecule has 0 saturated heterocycles. The third-order valence-electron chi connectivity index (χ3n) is 2.73. The molecule has 0 amide bonds. The minimum absolute atomic E-state index is 0.0302. The Labute approximate surface area is 106 Å². The number of aliphatic hydroxyl groups is 1. The monoisotopic (exact) mass is 245 g/mol. The molecule has 0 saturated carbocycles. The van der Waals surface area contributed by atoms with Crippen LogP contribution in [0.5, 0.6) is 11.6 Å². The van der Waals surface area contributed by atoms with Crippen LogP contribution in [0, 0.1) is 0 Å². The average Bonchev–Trinajstić information content (AvgIpc) is 2.42. The molecule has 0 aliphatic rings. The number of pyridine rings is 1. The molecule has 18 heavy (non-hydrogen) atoms. The molecule has 0 aliphatic heterocycles. The van der Waals surface area contributed by atoms with Crippen molar-refractivity contribution in [1.29, 1.82) is 0 Å². The normalized spacial score (nSPS) is 10.3. The molecule has 1 heterocycles. The van der Waals surface area contributed by atoms with Gasteiger partial charge in [-0.05, 0) is 23.8 Å². The van der Waals surface area contributed by atoms with E-state index < -0.39 is 0 Å². The Morgan fingerprint density at radius 3 is 2.39 bits per heavy atom. The number of ether oxygens (including phenoxy) is 1. The van der Waals surface area contributed by atoms with Crippen LogP contribution in [0.25, 0.3) is 0 Å². The Morgan fingerprint density at radius 1 is 1.11 bits per heavy atom. The lowest BCUT2D eigenvalue weighted by Gasteiger charge is -2.06. The fourth-order valence-electron chi connectivity index (χ4n) is 1.71. The van der Waals surface area contributed by atoms with Gasteiger partial charge in [0.15, 0.2) is 0 Å². The van der Waals surface area contributed by atoms with Gasteiger partial charge in [0.1, 0.15) is 5.75 Å². The van der Waals surface area contributed by atoms with Gasteiger partial charge in [-0.1, -0.05) is 18.2 Å². The summed E-state index contributed by atoms with van der Waals surface area (Å²) in [5, 5.41) is 18.7. The van der Waals surface area contributed by atoms with Crippen LogP contribution >= 0.6 is 0 Å². The maximum absolute atomic E-state index is 9.74. The highest BCUT2D eigenvalue weighted by Crippen LogP contribution is 2.20. The summed E-state index contributed by atoms with van der Waals surface area (Å²) in [4.78, 5) is 3.90. The summed E-state index contributed by atoms with van der Waals surface area (Å²) < 4.78 is 5.08. The van der Waals surface area contributed by atoms with Crippen molar-refractivity contribution >= 4 is 0 Å². The van der Waals surface area contributed by atoms with E-state index in [9.17, 15) is 5.11 Å². The maximum Gasteiger partial charge on any atom is 0.214 e. The highest BCUT2D eigenvalue weighted by Gasteiger charge is 2.05. The third kappa shape index (κ3) is 2.78. The molecule has 0 atom stereocenters. The van der Waals surface area contributed by atoms with Crippen LogP contribution in [0.3, 0.4) is 0 Å². The molecule has 0 spiro atoms. The summed E-state index contributed by atoms with van der Waals surface area (Å²) in [5.41, 5.74) is 2.26. The molecule has 2 aromatic rings. The number of nitrogens with zero attached hydrogens (tertiary/aromatic N) is 1. The zero-order valence-corrected chi connectivity index (χ0v) is 10.1. The first kappa shape index (κ1) is 12.4. The summed E-state index contributed by atoms with van der Waals surface area (Å²) in [6.07, 6.45) is 0.592. The molecule has 2 rings (SSSR count). The van der Waals surface area contributed by atoms with E-state index in [0.717, 1.165) is 16.9 Å². The first-order chi connectivity index (χ1) is 8.72. The van der Waals surface area contributed by atoms with Gasteiger partial charge in [-0.15, -0.1) is 0 Å². The SMILES string of the molecule is COc1ccc(Cc2ccc(CO)nc2O)cc1. The summed E-state index contributed by atoms with van der Waals surface area (Å²) in [7, 11) is 1.62. The van der Waals surface area contributed by atoms with Gasteiger partial charge in [-0.25, -0.2) is 4.98 Å². The van der Waals surface area contributed by atoms with Crippen molar-refractivity contribution in [2.24, 2.45) is 0 Å². The molecule has 0 fully saturated rings. The van der Waals surface area contributed by atoms with Crippen molar-refractivity contribution in [3.05, 3.63) is 53.2 Å². The molecule has 2 N–H and O–H groups in total. The van der Waals surface area contributed by atoms with Crippen molar-refractivity contribution in [2.75, 3.05) is 7.11 Å². The highest BCUT2D eigenvalue weighted by molar-refractivity contribution is 5.35. The topological polar surface area (TPSA) is 62.6 Å². The highest BCUT2D eigenvalue weighted by atomic mass is 16.5. The van der Waals surface area contributed by atoms with Crippen molar-refractivity contribution in [3.8, 4) is 11.6 Å². The van der Waals surface area contributed by atoms with Crippen LogP contribution in [-0.2, 0) is 13.0 Å². The number of methoxy groups -OCH3 is 1. The van der Waals surface area contributed by atoms with Crippen LogP contribution in [0.4, 0.5) is 0 Å². The van der Waals surface area contributed by atoms with E-state index in [1.807, 2.05) is 24.3 Å². The molecular weight excluding hydrogens is 230 g/mol. The van der Waals surface area contributed by atoms with Crippen molar-refractivity contribution in [3.63, 3.8) is 0 Å². The van der Waals surface area contributed by atoms with Crippen LogP contribution in [0.2, 0.25) is 0 Å². The van der Waals surface area contributed by atoms with Crippen molar-refractivity contribution < 1.29 is 14.9 Å². The molecule has 0 unspecified atom stereocenters. The number of hydrogen-bond acceptors (Lipinski definition) is 4. The Bertz CT molecular complexity index is 523. The molecule has 1 aromatic heterocycles. The van der Waals surface area contributed by atoms with Crippen LogP contribution in [0.1, 0.15) is 16.8 Å². The zero-order valence-electron chi connectivity index (χ0n) is 10.1. The first-order valence-corrected chi connectivity index (χ1v) is 5.64. The molecule has 1 aromatic carbocycles. The van der Waals surface area contributed by atoms with Gasteiger partial charge < -0.3 is 14.9 Å². The second kappa shape index (κ2) is 5.51. The number of aliphatic hydroxyl groups excluding tert-OH is 1. The van der Waals surface area contributed by atoms with Gasteiger partial charge in [-0.2, -0.15) is 0 Å². The number of benzene rings is 1. The fraction of sp³-hybridized carbons (Fsp3) is 0.214. The largest absolute Gasteiger partial charge is 0.497 e. The van der Waals surface area contributed by atoms with E-state index >= 15 is 0 Å². The number of aromatic hydroxyl groups is 1. The lowest BCUT2D eigenvalue weighted by molar-refractivity contribution is 0.274. The van der Waals surface area contributed by atoms with Gasteiger partial charge in [0.05, 0.1) is 19.4 Å². The van der Waals surface area contributed by atoms with Gasteiger partial charge in [0.2, 0.25) is 5.88 Å². The Hall–Kier alpha value is -2.07. The van der Waals surface area contributed by atoms with Gasteiger partial charge >= 0.3 is 0 Å². The van der Waals surface area contributed by atoms with Crippen LogP contribution in [0.15, 0.2) is 36.4 Å². The van der Waals surface area contributed by atoms with E-state index in [-0.39, 0.29) is 12.5 Å². The standard InChI is InChI=1S/C14H15NO3/c1-18-13-6-2-10(3-7-13)8-11-4-5-12(9-16)15-14(11)17/h2-7,16H,8-9H2,1H3,(H,15,17). The minimum atomic E-state index is -0.170. The molecule has 94 valence electrons. The second-order valence-electron chi connectivity index (χ2n) is 3.97. The third-order valence-corrected chi connectivity index (χ3v) is 2.73. The van der Waals surface area contributed by atoms with Crippen molar-refractivity contribution in [1.82, 2.24) is 4.98 Å². The molecule has 0 bridgehead atoms. The predicted octanol–water partition coefficient (Wildman–Crippen LogP) is 1.88. The molecular formula is C14H15NO3. The number of aromatic nitrogens is 1. The van der Waals surface area contributed by atoms with Gasteiger partial charge in [-0.3, -0.25) is 0 Å². The van der Waals surface area contributed by atoms with E-state index in [1.165, 1.54) is 0 Å². The lowest BCUT2D eigenvalue weighted by atomic mass is 10.1. The quantitative estimate of drug-likeness (QED) is 0.863. The molecule has 0 aliphatic carbocycles. The first-order valence-electron chi connectivity index (χ1n) is 5.64. The van der Waals surface area contributed by atoms with E-state index in [1.54, 1.807) is 19.2 Å². The Morgan fingerprint density at radius 2 is 1.83 bits per heavy atom. The average molecular weight is 245 g/mol. The zero-order chi connectivity index (χ0) is 13.0. The molecule has 4 nitrogen and oxygen atoms in total. The molecule has 4 heteroatoms. The number of rotatable bonds is 4. The predicted molar refractivity (Wildman–Crippen MR) is 67.6 cm³/mol. The summed E-state index contributed by atoms with van der Waals surface area (Å²) >= 11 is 0. The van der Waals surface area contributed by atoms with Crippen LogP contribution < -0.4 is 4.74 Å². The van der Waals surface area contributed by atoms with E-state index in [2.05, 4.69) is 4.98 Å².